The summed E-state index contributed by atoms with van der Waals surface area (Å²) < 4.78 is 10.4. The van der Waals surface area contributed by atoms with Crippen LogP contribution in [0.15, 0.2) is 18.2 Å². The molecule has 2 atom stereocenters. The van der Waals surface area contributed by atoms with Crippen molar-refractivity contribution in [2.75, 3.05) is 39.2 Å². The average Bonchev–Trinajstić information content (AvgIpc) is 2.45. The predicted octanol–water partition coefficient (Wildman–Crippen LogP) is 2.62. The van der Waals surface area contributed by atoms with Gasteiger partial charge in [0.25, 0.3) is 0 Å². The van der Waals surface area contributed by atoms with E-state index in [1.807, 2.05) is 6.07 Å². The van der Waals surface area contributed by atoms with Gasteiger partial charge in [0.1, 0.15) is 0 Å². The molecule has 1 aliphatic rings. The first-order valence-electron chi connectivity index (χ1n) is 7.76. The SMILES string of the molecule is COc1ccc(NC(=O)CN2CC(C)CC(C)C2)cc1OC. The number of hydrogen-bond acceptors (Lipinski definition) is 4. The number of carbonyl (C=O) groups excluding carboxylic acids is 1. The molecule has 0 saturated carbocycles. The standard InChI is InChI=1S/C17H26N2O3/c1-12-7-13(2)10-19(9-12)11-17(20)18-14-5-6-15(21-3)16(8-14)22-4/h5-6,8,12-13H,7,9-11H2,1-4H3,(H,18,20). The Balaban J connectivity index is 1.94. The fourth-order valence-corrected chi connectivity index (χ4v) is 3.24. The van der Waals surface area contributed by atoms with Gasteiger partial charge in [-0.1, -0.05) is 13.8 Å². The second kappa shape index (κ2) is 7.49. The summed E-state index contributed by atoms with van der Waals surface area (Å²) in [5.74, 6) is 2.57. The molecule has 0 bridgehead atoms. The van der Waals surface area contributed by atoms with Crippen LogP contribution in [0.5, 0.6) is 11.5 Å². The molecule has 1 saturated heterocycles. The number of methoxy groups -OCH3 is 2. The second-order valence-corrected chi connectivity index (χ2v) is 6.26. The molecule has 1 heterocycles. The summed E-state index contributed by atoms with van der Waals surface area (Å²) in [6.07, 6.45) is 1.24. The molecule has 5 nitrogen and oxygen atoms in total. The van der Waals surface area contributed by atoms with Crippen molar-refractivity contribution in [1.82, 2.24) is 4.90 Å². The van der Waals surface area contributed by atoms with Crippen molar-refractivity contribution in [3.05, 3.63) is 18.2 Å². The predicted molar refractivity (Wildman–Crippen MR) is 87.6 cm³/mol. The molecule has 1 fully saturated rings. The molecular formula is C17H26N2O3. The van der Waals surface area contributed by atoms with Crippen LogP contribution >= 0.6 is 0 Å². The number of nitrogens with one attached hydrogen (secondary N) is 1. The summed E-state index contributed by atoms with van der Waals surface area (Å²) in [4.78, 5) is 14.5. The van der Waals surface area contributed by atoms with Crippen LogP contribution in [0.2, 0.25) is 0 Å². The van der Waals surface area contributed by atoms with E-state index in [-0.39, 0.29) is 5.91 Å². The maximum atomic E-state index is 12.2. The first kappa shape index (κ1) is 16.6. The molecule has 2 rings (SSSR count). The molecule has 0 aromatic heterocycles. The van der Waals surface area contributed by atoms with E-state index >= 15 is 0 Å². The van der Waals surface area contributed by atoms with Crippen molar-refractivity contribution < 1.29 is 14.3 Å². The molecule has 5 heteroatoms. The smallest absolute Gasteiger partial charge is 0.238 e. The number of hydrogen-bond donors (Lipinski definition) is 1. The highest BCUT2D eigenvalue weighted by molar-refractivity contribution is 5.92. The van der Waals surface area contributed by atoms with Gasteiger partial charge in [-0.3, -0.25) is 9.69 Å². The molecule has 0 spiro atoms. The first-order chi connectivity index (χ1) is 10.5. The van der Waals surface area contributed by atoms with E-state index in [9.17, 15) is 4.79 Å². The van der Waals surface area contributed by atoms with Gasteiger partial charge in [-0.15, -0.1) is 0 Å². The van der Waals surface area contributed by atoms with E-state index in [0.29, 0.717) is 29.9 Å². The van der Waals surface area contributed by atoms with Crippen molar-refractivity contribution in [3.63, 3.8) is 0 Å². The molecule has 122 valence electrons. The zero-order chi connectivity index (χ0) is 16.1. The van der Waals surface area contributed by atoms with Crippen LogP contribution in [0, 0.1) is 11.8 Å². The maximum absolute atomic E-state index is 12.2. The molecule has 0 aliphatic carbocycles. The van der Waals surface area contributed by atoms with Crippen molar-refractivity contribution in [1.29, 1.82) is 0 Å². The Hall–Kier alpha value is -1.75. The topological polar surface area (TPSA) is 50.8 Å². The van der Waals surface area contributed by atoms with E-state index < -0.39 is 0 Å². The van der Waals surface area contributed by atoms with E-state index in [2.05, 4.69) is 24.1 Å². The third kappa shape index (κ3) is 4.37. The van der Waals surface area contributed by atoms with Crippen LogP contribution in [-0.4, -0.2) is 44.7 Å². The molecule has 2 unspecified atom stereocenters. The summed E-state index contributed by atoms with van der Waals surface area (Å²) in [6, 6.07) is 5.39. The van der Waals surface area contributed by atoms with Gasteiger partial charge in [-0.05, 0) is 30.4 Å². The van der Waals surface area contributed by atoms with Gasteiger partial charge >= 0.3 is 0 Å². The molecule has 1 aromatic carbocycles. The van der Waals surface area contributed by atoms with Crippen LogP contribution < -0.4 is 14.8 Å². The fraction of sp³-hybridized carbons (Fsp3) is 0.588. The van der Waals surface area contributed by atoms with Crippen molar-refractivity contribution in [3.8, 4) is 11.5 Å². The lowest BCUT2D eigenvalue weighted by molar-refractivity contribution is -0.117. The third-order valence-electron chi connectivity index (χ3n) is 3.98. The summed E-state index contributed by atoms with van der Waals surface area (Å²) >= 11 is 0. The van der Waals surface area contributed by atoms with Crippen molar-refractivity contribution in [2.24, 2.45) is 11.8 Å². The minimum Gasteiger partial charge on any atom is -0.493 e. The van der Waals surface area contributed by atoms with Crippen LogP contribution in [0.25, 0.3) is 0 Å². The van der Waals surface area contributed by atoms with E-state index in [4.69, 9.17) is 9.47 Å². The van der Waals surface area contributed by atoms with Gasteiger partial charge in [-0.25, -0.2) is 0 Å². The molecule has 1 amide bonds. The highest BCUT2D eigenvalue weighted by Gasteiger charge is 2.23. The number of amides is 1. The zero-order valence-electron chi connectivity index (χ0n) is 13.9. The number of piperidine rings is 1. The Morgan fingerprint density at radius 1 is 1.18 bits per heavy atom. The molecule has 1 aromatic rings. The van der Waals surface area contributed by atoms with Crippen LogP contribution in [0.1, 0.15) is 20.3 Å². The van der Waals surface area contributed by atoms with Gasteiger partial charge < -0.3 is 14.8 Å². The number of benzene rings is 1. The highest BCUT2D eigenvalue weighted by Crippen LogP contribution is 2.29. The highest BCUT2D eigenvalue weighted by atomic mass is 16.5. The van der Waals surface area contributed by atoms with Crippen LogP contribution in [0.3, 0.4) is 0 Å². The Morgan fingerprint density at radius 3 is 2.41 bits per heavy atom. The average molecular weight is 306 g/mol. The van der Waals surface area contributed by atoms with Gasteiger partial charge in [0.2, 0.25) is 5.91 Å². The molecule has 22 heavy (non-hydrogen) atoms. The Morgan fingerprint density at radius 2 is 1.82 bits per heavy atom. The first-order valence-corrected chi connectivity index (χ1v) is 7.76. The minimum atomic E-state index is 0.00789. The van der Waals surface area contributed by atoms with E-state index in [0.717, 1.165) is 18.8 Å². The van der Waals surface area contributed by atoms with Crippen molar-refractivity contribution >= 4 is 11.6 Å². The summed E-state index contributed by atoms with van der Waals surface area (Å²) in [7, 11) is 3.18. The van der Waals surface area contributed by atoms with E-state index in [1.165, 1.54) is 6.42 Å². The number of nitrogens with zero attached hydrogens (tertiary/aromatic N) is 1. The third-order valence-corrected chi connectivity index (χ3v) is 3.98. The van der Waals surface area contributed by atoms with Crippen LogP contribution in [0.4, 0.5) is 5.69 Å². The summed E-state index contributed by atoms with van der Waals surface area (Å²) in [5.41, 5.74) is 0.723. The second-order valence-electron chi connectivity index (χ2n) is 6.26. The zero-order valence-corrected chi connectivity index (χ0v) is 13.9. The lowest BCUT2D eigenvalue weighted by Crippen LogP contribution is -2.42. The number of likely N-dealkylation sites (tertiary alicyclic amines) is 1. The normalized spacial score (nSPS) is 22.2. The van der Waals surface area contributed by atoms with Gasteiger partial charge in [0.05, 0.1) is 20.8 Å². The monoisotopic (exact) mass is 306 g/mol. The number of anilines is 1. The van der Waals surface area contributed by atoms with Gasteiger partial charge in [0.15, 0.2) is 11.5 Å². The Labute approximate surface area is 132 Å². The molecule has 1 aliphatic heterocycles. The maximum Gasteiger partial charge on any atom is 0.238 e. The lowest BCUT2D eigenvalue weighted by atomic mass is 9.92. The summed E-state index contributed by atoms with van der Waals surface area (Å²) in [6.45, 7) is 6.90. The Bertz CT molecular complexity index is 509. The largest absolute Gasteiger partial charge is 0.493 e. The summed E-state index contributed by atoms with van der Waals surface area (Å²) in [5, 5.41) is 2.93. The molecule has 1 N–H and O–H groups in total. The van der Waals surface area contributed by atoms with Crippen molar-refractivity contribution in [2.45, 2.75) is 20.3 Å². The minimum absolute atomic E-state index is 0.00789. The lowest BCUT2D eigenvalue weighted by Gasteiger charge is -2.34. The number of carbonyl (C=O) groups is 1. The molecular weight excluding hydrogens is 280 g/mol. The molecule has 0 radical (unpaired) electrons. The Kier molecular flexibility index (Phi) is 5.66. The van der Waals surface area contributed by atoms with E-state index in [1.54, 1.807) is 26.4 Å². The van der Waals surface area contributed by atoms with Crippen LogP contribution in [-0.2, 0) is 4.79 Å². The van der Waals surface area contributed by atoms with Gasteiger partial charge in [-0.2, -0.15) is 0 Å². The quantitative estimate of drug-likeness (QED) is 0.908. The fourth-order valence-electron chi connectivity index (χ4n) is 3.24. The number of rotatable bonds is 5. The van der Waals surface area contributed by atoms with Gasteiger partial charge in [0, 0.05) is 24.8 Å². The number of ether oxygens (including phenoxy) is 2.